The Hall–Kier alpha value is -1.34. The second-order valence-electron chi connectivity index (χ2n) is 4.00. The Morgan fingerprint density at radius 3 is 2.39 bits per heavy atom. The van der Waals surface area contributed by atoms with Crippen molar-refractivity contribution in [3.8, 4) is 11.8 Å². The van der Waals surface area contributed by atoms with Gasteiger partial charge in [0.05, 0.1) is 0 Å². The van der Waals surface area contributed by atoms with E-state index in [2.05, 4.69) is 11.8 Å². The minimum absolute atomic E-state index is 0.0606. The number of ether oxygens (including phenoxy) is 1. The lowest BCUT2D eigenvalue weighted by molar-refractivity contribution is -0.142. The lowest BCUT2D eigenvalue weighted by Crippen LogP contribution is -2.04. The van der Waals surface area contributed by atoms with Crippen LogP contribution in [0, 0.1) is 11.8 Å². The fourth-order valence-corrected chi connectivity index (χ4v) is 1.50. The number of aliphatic hydroxyl groups is 1. The van der Waals surface area contributed by atoms with Crippen LogP contribution in [0.15, 0.2) is 0 Å². The quantitative estimate of drug-likeness (QED) is 0.280. The van der Waals surface area contributed by atoms with Gasteiger partial charge in [-0.25, -0.2) is 0 Å². The molecule has 0 saturated carbocycles. The SMILES string of the molecule is O=CCCCCCCCCC(=O)OCC#CCO. The molecule has 0 aromatic heterocycles. The predicted octanol–water partition coefficient (Wildman–Crippen LogP) is 1.85. The zero-order valence-corrected chi connectivity index (χ0v) is 10.8. The highest BCUT2D eigenvalue weighted by Gasteiger charge is 2.00. The summed E-state index contributed by atoms with van der Waals surface area (Å²) in [5.74, 6) is 4.70. The summed E-state index contributed by atoms with van der Waals surface area (Å²) in [6, 6.07) is 0. The second kappa shape index (κ2) is 13.7. The third kappa shape index (κ3) is 12.7. The summed E-state index contributed by atoms with van der Waals surface area (Å²) in [4.78, 5) is 21.3. The number of carbonyl (C=O) groups is 2. The smallest absolute Gasteiger partial charge is 0.306 e. The van der Waals surface area contributed by atoms with Crippen molar-refractivity contribution in [1.82, 2.24) is 0 Å². The summed E-state index contributed by atoms with van der Waals surface area (Å²) in [7, 11) is 0. The minimum atomic E-state index is -0.233. The normalized spacial score (nSPS) is 9.39. The fourth-order valence-electron chi connectivity index (χ4n) is 1.50. The first-order valence-corrected chi connectivity index (χ1v) is 6.47. The van der Waals surface area contributed by atoms with Crippen LogP contribution in [-0.4, -0.2) is 30.6 Å². The zero-order valence-electron chi connectivity index (χ0n) is 10.8. The van der Waals surface area contributed by atoms with Gasteiger partial charge >= 0.3 is 5.97 Å². The summed E-state index contributed by atoms with van der Waals surface area (Å²) >= 11 is 0. The van der Waals surface area contributed by atoms with Gasteiger partial charge in [-0.05, 0) is 12.8 Å². The molecule has 0 radical (unpaired) electrons. The van der Waals surface area contributed by atoms with Crippen molar-refractivity contribution in [3.63, 3.8) is 0 Å². The standard InChI is InChI=1S/C14H22O4/c15-11-7-5-3-1-2-4-6-10-14(17)18-13-9-8-12-16/h11,16H,1-7,10,12-13H2. The van der Waals surface area contributed by atoms with Gasteiger partial charge in [0, 0.05) is 12.8 Å². The van der Waals surface area contributed by atoms with Crippen LogP contribution in [0.25, 0.3) is 0 Å². The van der Waals surface area contributed by atoms with Crippen LogP contribution < -0.4 is 0 Å². The van der Waals surface area contributed by atoms with E-state index >= 15 is 0 Å². The first kappa shape index (κ1) is 16.7. The van der Waals surface area contributed by atoms with E-state index in [1.807, 2.05) is 0 Å². The highest BCUT2D eigenvalue weighted by molar-refractivity contribution is 5.69. The number of esters is 1. The molecule has 0 spiro atoms. The van der Waals surface area contributed by atoms with Crippen molar-refractivity contribution in [2.24, 2.45) is 0 Å². The van der Waals surface area contributed by atoms with Crippen molar-refractivity contribution >= 4 is 12.3 Å². The highest BCUT2D eigenvalue weighted by Crippen LogP contribution is 2.08. The number of hydrogen-bond acceptors (Lipinski definition) is 4. The van der Waals surface area contributed by atoms with Gasteiger partial charge in [0.15, 0.2) is 6.61 Å². The van der Waals surface area contributed by atoms with Crippen molar-refractivity contribution in [3.05, 3.63) is 0 Å². The van der Waals surface area contributed by atoms with Crippen LogP contribution in [0.5, 0.6) is 0 Å². The summed E-state index contributed by atoms with van der Waals surface area (Å²) in [5, 5.41) is 8.38. The number of rotatable bonds is 10. The summed E-state index contributed by atoms with van der Waals surface area (Å²) in [6.07, 6.45) is 8.14. The molecule has 0 atom stereocenters. The van der Waals surface area contributed by atoms with Crippen LogP contribution in [0.2, 0.25) is 0 Å². The minimum Gasteiger partial charge on any atom is -0.452 e. The van der Waals surface area contributed by atoms with Gasteiger partial charge in [-0.15, -0.1) is 0 Å². The molecule has 0 aromatic carbocycles. The third-order valence-corrected chi connectivity index (χ3v) is 2.46. The molecule has 0 unspecified atom stereocenters. The first-order chi connectivity index (χ1) is 8.81. The molecule has 0 bridgehead atoms. The first-order valence-electron chi connectivity index (χ1n) is 6.47. The third-order valence-electron chi connectivity index (χ3n) is 2.46. The van der Waals surface area contributed by atoms with E-state index in [0.29, 0.717) is 12.8 Å². The van der Waals surface area contributed by atoms with Crippen molar-refractivity contribution in [1.29, 1.82) is 0 Å². The molecular formula is C14H22O4. The Morgan fingerprint density at radius 2 is 1.72 bits per heavy atom. The molecule has 1 N–H and O–H groups in total. The average Bonchev–Trinajstić information content (AvgIpc) is 2.38. The number of hydrogen-bond donors (Lipinski definition) is 1. The highest BCUT2D eigenvalue weighted by atomic mass is 16.5. The Morgan fingerprint density at radius 1 is 1.06 bits per heavy atom. The van der Waals surface area contributed by atoms with Gasteiger partial charge in [0.2, 0.25) is 0 Å². The van der Waals surface area contributed by atoms with E-state index in [1.165, 1.54) is 0 Å². The molecule has 0 aliphatic carbocycles. The van der Waals surface area contributed by atoms with Crippen LogP contribution >= 0.6 is 0 Å². The molecule has 0 amide bonds. The van der Waals surface area contributed by atoms with Crippen molar-refractivity contribution in [2.75, 3.05) is 13.2 Å². The monoisotopic (exact) mass is 254 g/mol. The molecule has 0 heterocycles. The second-order valence-corrected chi connectivity index (χ2v) is 4.00. The van der Waals surface area contributed by atoms with Crippen LogP contribution in [-0.2, 0) is 14.3 Å². The topological polar surface area (TPSA) is 63.6 Å². The number of carbonyl (C=O) groups excluding carboxylic acids is 2. The largest absolute Gasteiger partial charge is 0.452 e. The summed E-state index contributed by atoms with van der Waals surface area (Å²) in [6.45, 7) is -0.146. The van der Waals surface area contributed by atoms with Gasteiger partial charge in [-0.2, -0.15) is 0 Å². The van der Waals surface area contributed by atoms with E-state index < -0.39 is 0 Å². The molecule has 18 heavy (non-hydrogen) atoms. The maximum absolute atomic E-state index is 11.2. The molecule has 0 aliphatic rings. The molecule has 0 rings (SSSR count). The van der Waals surface area contributed by atoms with Crippen LogP contribution in [0.3, 0.4) is 0 Å². The van der Waals surface area contributed by atoms with Crippen molar-refractivity contribution < 1.29 is 19.4 Å². The molecule has 0 saturated heterocycles. The van der Waals surface area contributed by atoms with Gasteiger partial charge < -0.3 is 14.6 Å². The van der Waals surface area contributed by atoms with E-state index in [1.54, 1.807) is 0 Å². The summed E-state index contributed by atoms with van der Waals surface area (Å²) < 4.78 is 4.84. The maximum atomic E-state index is 11.2. The predicted molar refractivity (Wildman–Crippen MR) is 68.8 cm³/mol. The molecule has 0 aromatic rings. The Kier molecular flexibility index (Phi) is 12.7. The maximum Gasteiger partial charge on any atom is 0.306 e. The Bertz CT molecular complexity index is 275. The van der Waals surface area contributed by atoms with E-state index in [4.69, 9.17) is 9.84 Å². The van der Waals surface area contributed by atoms with E-state index in [9.17, 15) is 9.59 Å². The fraction of sp³-hybridized carbons (Fsp3) is 0.714. The number of aliphatic hydroxyl groups excluding tert-OH is 1. The van der Waals surface area contributed by atoms with Gasteiger partial charge in [-0.1, -0.05) is 37.5 Å². The van der Waals surface area contributed by atoms with Gasteiger partial charge in [-0.3, -0.25) is 4.79 Å². The Balaban J connectivity index is 3.22. The zero-order chi connectivity index (χ0) is 13.5. The molecule has 102 valence electrons. The molecule has 4 nitrogen and oxygen atoms in total. The average molecular weight is 254 g/mol. The van der Waals surface area contributed by atoms with Gasteiger partial charge in [0.1, 0.15) is 12.9 Å². The number of unbranched alkanes of at least 4 members (excludes halogenated alkanes) is 6. The van der Waals surface area contributed by atoms with Crippen LogP contribution in [0.1, 0.15) is 51.4 Å². The molecular weight excluding hydrogens is 232 g/mol. The molecule has 0 aliphatic heterocycles. The number of aldehydes is 1. The Labute approximate surface area is 109 Å². The molecule has 4 heteroatoms. The van der Waals surface area contributed by atoms with Crippen LogP contribution in [0.4, 0.5) is 0 Å². The van der Waals surface area contributed by atoms with E-state index in [0.717, 1.165) is 44.8 Å². The van der Waals surface area contributed by atoms with Gasteiger partial charge in [0.25, 0.3) is 0 Å². The van der Waals surface area contributed by atoms with E-state index in [-0.39, 0.29) is 19.2 Å². The summed E-state index contributed by atoms with van der Waals surface area (Å²) in [5.41, 5.74) is 0. The molecule has 0 fully saturated rings. The lowest BCUT2D eigenvalue weighted by Gasteiger charge is -2.01. The lowest BCUT2D eigenvalue weighted by atomic mass is 10.1. The van der Waals surface area contributed by atoms with Crippen molar-refractivity contribution in [2.45, 2.75) is 51.4 Å².